The molecule has 2 aromatic rings. The van der Waals surface area contributed by atoms with Crippen molar-refractivity contribution in [3.8, 4) is 0 Å². The normalized spacial score (nSPS) is 10.3. The zero-order valence-electron chi connectivity index (χ0n) is 13.6. The minimum Gasteiger partial charge on any atom is -0.371 e. The van der Waals surface area contributed by atoms with E-state index >= 15 is 0 Å². The van der Waals surface area contributed by atoms with E-state index in [0.29, 0.717) is 6.42 Å². The molecule has 2 aromatic carbocycles. The first kappa shape index (κ1) is 16.1. The maximum atomic E-state index is 12.2. The van der Waals surface area contributed by atoms with Gasteiger partial charge in [-0.25, -0.2) is 0 Å². The maximum absolute atomic E-state index is 12.2. The molecule has 0 fully saturated rings. The van der Waals surface area contributed by atoms with Gasteiger partial charge in [0.2, 0.25) is 5.91 Å². The van der Waals surface area contributed by atoms with Crippen LogP contribution in [-0.2, 0) is 4.79 Å². The first-order chi connectivity index (χ1) is 10.6. The minimum absolute atomic E-state index is 0.0584. The SMILES string of the molecule is CCN(CCC(=O)Nc1cc(C)ccc1C)c1ccccc1. The lowest BCUT2D eigenvalue weighted by Gasteiger charge is -2.22. The highest BCUT2D eigenvalue weighted by atomic mass is 16.1. The molecule has 0 radical (unpaired) electrons. The van der Waals surface area contributed by atoms with Crippen LogP contribution in [0.1, 0.15) is 24.5 Å². The third-order valence-corrected chi connectivity index (χ3v) is 3.78. The highest BCUT2D eigenvalue weighted by molar-refractivity contribution is 5.91. The Labute approximate surface area is 133 Å². The van der Waals surface area contributed by atoms with Crippen LogP contribution in [0.15, 0.2) is 48.5 Å². The fourth-order valence-corrected chi connectivity index (χ4v) is 2.43. The molecule has 1 N–H and O–H groups in total. The Kier molecular flexibility index (Phi) is 5.59. The van der Waals surface area contributed by atoms with Crippen LogP contribution in [0.2, 0.25) is 0 Å². The maximum Gasteiger partial charge on any atom is 0.226 e. The highest BCUT2D eigenvalue weighted by Crippen LogP contribution is 2.17. The summed E-state index contributed by atoms with van der Waals surface area (Å²) in [4.78, 5) is 14.4. The molecule has 0 aliphatic heterocycles. The van der Waals surface area contributed by atoms with Crippen molar-refractivity contribution in [1.29, 1.82) is 0 Å². The molecule has 0 saturated carbocycles. The summed E-state index contributed by atoms with van der Waals surface area (Å²) in [7, 11) is 0. The number of carbonyl (C=O) groups excluding carboxylic acids is 1. The molecule has 0 spiro atoms. The summed E-state index contributed by atoms with van der Waals surface area (Å²) in [5.74, 6) is 0.0584. The number of benzene rings is 2. The first-order valence-corrected chi connectivity index (χ1v) is 7.77. The number of nitrogens with zero attached hydrogens (tertiary/aromatic N) is 1. The number of aryl methyl sites for hydroxylation is 2. The average Bonchev–Trinajstić information content (AvgIpc) is 2.52. The fraction of sp³-hybridized carbons (Fsp3) is 0.316. The van der Waals surface area contributed by atoms with Gasteiger partial charge in [0.15, 0.2) is 0 Å². The molecular weight excluding hydrogens is 272 g/mol. The Hall–Kier alpha value is -2.29. The predicted molar refractivity (Wildman–Crippen MR) is 93.5 cm³/mol. The summed E-state index contributed by atoms with van der Waals surface area (Å²) in [6.45, 7) is 7.76. The van der Waals surface area contributed by atoms with Crippen LogP contribution in [0.5, 0.6) is 0 Å². The molecule has 116 valence electrons. The Morgan fingerprint density at radius 3 is 2.50 bits per heavy atom. The minimum atomic E-state index is 0.0584. The van der Waals surface area contributed by atoms with Gasteiger partial charge in [-0.1, -0.05) is 30.3 Å². The number of amides is 1. The second kappa shape index (κ2) is 7.64. The fourth-order valence-electron chi connectivity index (χ4n) is 2.43. The molecule has 1 amide bonds. The molecule has 2 rings (SSSR count). The summed E-state index contributed by atoms with van der Waals surface area (Å²) < 4.78 is 0. The first-order valence-electron chi connectivity index (χ1n) is 7.77. The summed E-state index contributed by atoms with van der Waals surface area (Å²) in [5, 5.41) is 3.02. The summed E-state index contributed by atoms with van der Waals surface area (Å²) in [5.41, 5.74) is 4.31. The van der Waals surface area contributed by atoms with Crippen LogP contribution in [0.25, 0.3) is 0 Å². The van der Waals surface area contributed by atoms with E-state index in [4.69, 9.17) is 0 Å². The van der Waals surface area contributed by atoms with Crippen molar-refractivity contribution >= 4 is 17.3 Å². The number of carbonyl (C=O) groups is 1. The Balaban J connectivity index is 1.93. The van der Waals surface area contributed by atoms with E-state index in [1.165, 1.54) is 0 Å². The second-order valence-electron chi connectivity index (χ2n) is 5.53. The smallest absolute Gasteiger partial charge is 0.226 e. The number of hydrogen-bond acceptors (Lipinski definition) is 2. The summed E-state index contributed by atoms with van der Waals surface area (Å²) in [6.07, 6.45) is 0.482. The lowest BCUT2D eigenvalue weighted by Crippen LogP contribution is -2.27. The third kappa shape index (κ3) is 4.35. The molecule has 0 saturated heterocycles. The number of hydrogen-bond donors (Lipinski definition) is 1. The summed E-state index contributed by atoms with van der Waals surface area (Å²) >= 11 is 0. The van der Waals surface area contributed by atoms with Crippen molar-refractivity contribution in [2.24, 2.45) is 0 Å². The van der Waals surface area contributed by atoms with Gasteiger partial charge in [-0.2, -0.15) is 0 Å². The molecule has 0 heterocycles. The van der Waals surface area contributed by atoms with Gasteiger partial charge >= 0.3 is 0 Å². The van der Waals surface area contributed by atoms with Crippen molar-refractivity contribution in [2.75, 3.05) is 23.3 Å². The van der Waals surface area contributed by atoms with Gasteiger partial charge in [-0.15, -0.1) is 0 Å². The van der Waals surface area contributed by atoms with E-state index in [1.807, 2.05) is 44.2 Å². The van der Waals surface area contributed by atoms with Crippen molar-refractivity contribution in [3.05, 3.63) is 59.7 Å². The van der Waals surface area contributed by atoms with Crippen LogP contribution >= 0.6 is 0 Å². The van der Waals surface area contributed by atoms with Crippen LogP contribution in [0.3, 0.4) is 0 Å². The quantitative estimate of drug-likeness (QED) is 0.868. The Morgan fingerprint density at radius 1 is 1.09 bits per heavy atom. The number of nitrogens with one attached hydrogen (secondary N) is 1. The van der Waals surface area contributed by atoms with E-state index in [9.17, 15) is 4.79 Å². The number of anilines is 2. The number of rotatable bonds is 6. The highest BCUT2D eigenvalue weighted by Gasteiger charge is 2.09. The zero-order chi connectivity index (χ0) is 15.9. The molecule has 0 aliphatic rings. The van der Waals surface area contributed by atoms with Gasteiger partial charge in [0.25, 0.3) is 0 Å². The van der Waals surface area contributed by atoms with Gasteiger partial charge in [-0.05, 0) is 50.1 Å². The van der Waals surface area contributed by atoms with Crippen molar-refractivity contribution < 1.29 is 4.79 Å². The van der Waals surface area contributed by atoms with E-state index in [0.717, 1.165) is 35.6 Å². The lowest BCUT2D eigenvalue weighted by atomic mass is 10.1. The van der Waals surface area contributed by atoms with E-state index in [1.54, 1.807) is 0 Å². The zero-order valence-corrected chi connectivity index (χ0v) is 13.6. The molecule has 3 nitrogen and oxygen atoms in total. The third-order valence-electron chi connectivity index (χ3n) is 3.78. The molecular formula is C19H24N2O. The number of para-hydroxylation sites is 1. The Morgan fingerprint density at radius 2 is 1.82 bits per heavy atom. The Bertz CT molecular complexity index is 623. The average molecular weight is 296 g/mol. The largest absolute Gasteiger partial charge is 0.371 e. The van der Waals surface area contributed by atoms with Crippen LogP contribution < -0.4 is 10.2 Å². The van der Waals surface area contributed by atoms with Crippen LogP contribution in [0, 0.1) is 13.8 Å². The molecule has 0 aromatic heterocycles. The lowest BCUT2D eigenvalue weighted by molar-refractivity contribution is -0.116. The predicted octanol–water partition coefficient (Wildman–Crippen LogP) is 4.16. The summed E-state index contributed by atoms with van der Waals surface area (Å²) in [6, 6.07) is 16.3. The molecule has 3 heteroatoms. The second-order valence-corrected chi connectivity index (χ2v) is 5.53. The van der Waals surface area contributed by atoms with Crippen molar-refractivity contribution in [2.45, 2.75) is 27.2 Å². The van der Waals surface area contributed by atoms with E-state index in [2.05, 4.69) is 35.3 Å². The molecule has 0 atom stereocenters. The van der Waals surface area contributed by atoms with Gasteiger partial charge in [0.05, 0.1) is 0 Å². The standard InChI is InChI=1S/C19H24N2O/c1-4-21(17-8-6-5-7-9-17)13-12-19(22)20-18-14-15(2)10-11-16(18)3/h5-11,14H,4,12-13H2,1-3H3,(H,20,22). The van der Waals surface area contributed by atoms with Crippen LogP contribution in [0.4, 0.5) is 11.4 Å². The van der Waals surface area contributed by atoms with Crippen molar-refractivity contribution in [1.82, 2.24) is 0 Å². The molecule has 0 bridgehead atoms. The van der Waals surface area contributed by atoms with E-state index in [-0.39, 0.29) is 5.91 Å². The van der Waals surface area contributed by atoms with Gasteiger partial charge in [0, 0.05) is 30.9 Å². The van der Waals surface area contributed by atoms with Crippen LogP contribution in [-0.4, -0.2) is 19.0 Å². The van der Waals surface area contributed by atoms with Gasteiger partial charge < -0.3 is 10.2 Å². The van der Waals surface area contributed by atoms with E-state index < -0.39 is 0 Å². The molecule has 22 heavy (non-hydrogen) atoms. The molecule has 0 aliphatic carbocycles. The van der Waals surface area contributed by atoms with Gasteiger partial charge in [-0.3, -0.25) is 4.79 Å². The van der Waals surface area contributed by atoms with Crippen molar-refractivity contribution in [3.63, 3.8) is 0 Å². The monoisotopic (exact) mass is 296 g/mol. The molecule has 0 unspecified atom stereocenters. The topological polar surface area (TPSA) is 32.3 Å². The van der Waals surface area contributed by atoms with Gasteiger partial charge in [0.1, 0.15) is 0 Å².